The largest absolute Gasteiger partial charge is 0.493 e. The van der Waals surface area contributed by atoms with Gasteiger partial charge >= 0.3 is 5.97 Å². The van der Waals surface area contributed by atoms with Crippen molar-refractivity contribution in [3.8, 4) is 11.5 Å². The number of rotatable bonds is 7. The van der Waals surface area contributed by atoms with Gasteiger partial charge in [-0.15, -0.1) is 0 Å². The normalized spacial score (nSPS) is 20.8. The lowest BCUT2D eigenvalue weighted by Gasteiger charge is -2.36. The van der Waals surface area contributed by atoms with Gasteiger partial charge < -0.3 is 23.9 Å². The summed E-state index contributed by atoms with van der Waals surface area (Å²) in [6, 6.07) is 9.45. The van der Waals surface area contributed by atoms with Crippen LogP contribution in [0.5, 0.6) is 11.5 Å². The maximum atomic E-state index is 13.7. The number of benzene rings is 1. The predicted molar refractivity (Wildman–Crippen MR) is 131 cm³/mol. The summed E-state index contributed by atoms with van der Waals surface area (Å²) in [5.74, 6) is 1.49. The summed E-state index contributed by atoms with van der Waals surface area (Å²) < 4.78 is 22.5. The first-order valence-corrected chi connectivity index (χ1v) is 12.0. The molecule has 0 unspecified atom stereocenters. The summed E-state index contributed by atoms with van der Waals surface area (Å²) in [5, 5.41) is 3.37. The average Bonchev–Trinajstić information content (AvgIpc) is 3.28. The van der Waals surface area contributed by atoms with Gasteiger partial charge in [-0.2, -0.15) is 0 Å². The number of aryl methyl sites for hydroxylation is 1. The fourth-order valence-electron chi connectivity index (χ4n) is 4.87. The van der Waals surface area contributed by atoms with Gasteiger partial charge in [-0.1, -0.05) is 13.0 Å². The molecule has 1 N–H and O–H groups in total. The number of methoxy groups -OCH3 is 2. The molecule has 2 aliphatic rings. The SMILES string of the molecule is CC[C@H](C)OC(=O)C1=C(C)NC2=C(C(=O)C[C@@H](c3ccc(OC)c(OC)c3)C2)[C@@H]1c1ccc(C)o1. The van der Waals surface area contributed by atoms with Crippen LogP contribution in [0.1, 0.15) is 69.0 Å². The van der Waals surface area contributed by atoms with Crippen LogP contribution >= 0.6 is 0 Å². The van der Waals surface area contributed by atoms with Crippen molar-refractivity contribution in [1.29, 1.82) is 0 Å². The van der Waals surface area contributed by atoms with E-state index in [2.05, 4.69) is 5.32 Å². The first-order valence-electron chi connectivity index (χ1n) is 12.0. The molecule has 0 saturated carbocycles. The Morgan fingerprint density at radius 3 is 2.49 bits per heavy atom. The van der Waals surface area contributed by atoms with Crippen molar-refractivity contribution < 1.29 is 28.2 Å². The first-order chi connectivity index (χ1) is 16.8. The van der Waals surface area contributed by atoms with Crippen molar-refractivity contribution in [3.63, 3.8) is 0 Å². The number of hydrogen-bond acceptors (Lipinski definition) is 7. The Kier molecular flexibility index (Phi) is 7.05. The molecule has 1 aromatic carbocycles. The van der Waals surface area contributed by atoms with E-state index in [0.717, 1.165) is 17.0 Å². The molecule has 0 spiro atoms. The van der Waals surface area contributed by atoms with Crippen molar-refractivity contribution in [2.45, 2.75) is 64.9 Å². The van der Waals surface area contributed by atoms with Crippen LogP contribution in [0.15, 0.2) is 57.3 Å². The van der Waals surface area contributed by atoms with Crippen LogP contribution in [0.25, 0.3) is 0 Å². The molecule has 1 aliphatic heterocycles. The molecule has 0 fully saturated rings. The zero-order valence-electron chi connectivity index (χ0n) is 21.2. The molecular weight excluding hydrogens is 446 g/mol. The number of allylic oxidation sites excluding steroid dienone is 3. The maximum absolute atomic E-state index is 13.7. The molecule has 1 aliphatic carbocycles. The predicted octanol–water partition coefficient (Wildman–Crippen LogP) is 5.31. The van der Waals surface area contributed by atoms with E-state index in [-0.39, 0.29) is 17.8 Å². The van der Waals surface area contributed by atoms with E-state index in [0.29, 0.717) is 53.4 Å². The summed E-state index contributed by atoms with van der Waals surface area (Å²) in [6.07, 6.45) is 1.42. The summed E-state index contributed by atoms with van der Waals surface area (Å²) in [7, 11) is 3.20. The van der Waals surface area contributed by atoms with Gasteiger partial charge in [0.05, 0.1) is 31.8 Å². The number of furan rings is 1. The highest BCUT2D eigenvalue weighted by atomic mass is 16.5. The van der Waals surface area contributed by atoms with E-state index in [1.54, 1.807) is 14.2 Å². The Balaban J connectivity index is 1.74. The van der Waals surface area contributed by atoms with Gasteiger partial charge in [-0.05, 0) is 69.4 Å². The van der Waals surface area contributed by atoms with E-state index in [1.807, 2.05) is 58.0 Å². The minimum absolute atomic E-state index is 0.0149. The molecule has 2 heterocycles. The quantitative estimate of drug-likeness (QED) is 0.539. The van der Waals surface area contributed by atoms with Crippen LogP contribution < -0.4 is 14.8 Å². The third-order valence-electron chi connectivity index (χ3n) is 6.86. The Labute approximate surface area is 206 Å². The number of nitrogens with one attached hydrogen (secondary N) is 1. The van der Waals surface area contributed by atoms with Gasteiger partial charge in [-0.25, -0.2) is 4.79 Å². The molecular formula is C28H33NO6. The molecule has 186 valence electrons. The van der Waals surface area contributed by atoms with Crippen LogP contribution in [0.4, 0.5) is 0 Å². The van der Waals surface area contributed by atoms with Gasteiger partial charge in [0, 0.05) is 23.4 Å². The Bertz CT molecular complexity index is 1200. The molecule has 4 rings (SSSR count). The fourth-order valence-corrected chi connectivity index (χ4v) is 4.87. The number of Topliss-reactive ketones (excluding diaryl/α,β-unsaturated/α-hetero) is 1. The van der Waals surface area contributed by atoms with E-state index < -0.39 is 11.9 Å². The topological polar surface area (TPSA) is 87.0 Å². The van der Waals surface area contributed by atoms with Crippen LogP contribution in [0.2, 0.25) is 0 Å². The van der Waals surface area contributed by atoms with Crippen molar-refractivity contribution >= 4 is 11.8 Å². The second-order valence-corrected chi connectivity index (χ2v) is 9.20. The molecule has 35 heavy (non-hydrogen) atoms. The van der Waals surface area contributed by atoms with Crippen LogP contribution in [0, 0.1) is 6.92 Å². The molecule has 7 nitrogen and oxygen atoms in total. The highest BCUT2D eigenvalue weighted by Crippen LogP contribution is 2.46. The summed E-state index contributed by atoms with van der Waals surface area (Å²) >= 11 is 0. The van der Waals surface area contributed by atoms with Crippen LogP contribution in [-0.2, 0) is 14.3 Å². The number of carbonyl (C=O) groups excluding carboxylic acids is 2. The van der Waals surface area contributed by atoms with E-state index in [1.165, 1.54) is 0 Å². The second-order valence-electron chi connectivity index (χ2n) is 9.20. The molecule has 3 atom stereocenters. The second kappa shape index (κ2) is 10.0. The molecule has 2 aromatic rings. The molecule has 0 bridgehead atoms. The van der Waals surface area contributed by atoms with E-state index in [4.69, 9.17) is 18.6 Å². The van der Waals surface area contributed by atoms with Gasteiger partial charge in [-0.3, -0.25) is 4.79 Å². The van der Waals surface area contributed by atoms with Gasteiger partial charge in [0.15, 0.2) is 17.3 Å². The summed E-state index contributed by atoms with van der Waals surface area (Å²) in [5.41, 5.74) is 3.50. The van der Waals surface area contributed by atoms with Gasteiger partial charge in [0.1, 0.15) is 11.5 Å². The fraction of sp³-hybridized carbons (Fsp3) is 0.429. The highest BCUT2D eigenvalue weighted by molar-refractivity contribution is 6.04. The zero-order valence-corrected chi connectivity index (χ0v) is 21.2. The lowest BCUT2D eigenvalue weighted by molar-refractivity contribution is -0.144. The van der Waals surface area contributed by atoms with E-state index >= 15 is 0 Å². The van der Waals surface area contributed by atoms with Crippen molar-refractivity contribution in [1.82, 2.24) is 5.32 Å². The first kappa shape index (κ1) is 24.6. The number of carbonyl (C=O) groups is 2. The third-order valence-corrected chi connectivity index (χ3v) is 6.86. The van der Waals surface area contributed by atoms with Gasteiger partial charge in [0.2, 0.25) is 0 Å². The molecule has 0 radical (unpaired) electrons. The molecule has 1 aromatic heterocycles. The standard InChI is InChI=1S/C28H33NO6/c1-7-15(2)35-28(31)25-17(4)29-20-12-19(18-9-11-22(32-5)24(14-18)33-6)13-21(30)26(20)27(25)23-10-8-16(3)34-23/h8-11,14-15,19,27,29H,7,12-13H2,1-6H3/t15-,19-,27+/m0/s1. The Morgan fingerprint density at radius 1 is 1.11 bits per heavy atom. The minimum atomic E-state index is -0.602. The molecule has 0 saturated heterocycles. The van der Waals surface area contributed by atoms with Crippen LogP contribution in [-0.4, -0.2) is 32.1 Å². The number of hydrogen-bond donors (Lipinski definition) is 1. The minimum Gasteiger partial charge on any atom is -0.493 e. The monoisotopic (exact) mass is 479 g/mol. The van der Waals surface area contributed by atoms with Gasteiger partial charge in [0.25, 0.3) is 0 Å². The molecule has 0 amide bonds. The summed E-state index contributed by atoms with van der Waals surface area (Å²) in [4.78, 5) is 26.9. The zero-order chi connectivity index (χ0) is 25.3. The number of ketones is 1. The summed E-state index contributed by atoms with van der Waals surface area (Å²) in [6.45, 7) is 7.53. The van der Waals surface area contributed by atoms with Crippen molar-refractivity contribution in [2.75, 3.05) is 14.2 Å². The number of esters is 1. The van der Waals surface area contributed by atoms with Crippen molar-refractivity contribution in [3.05, 3.63) is 70.0 Å². The van der Waals surface area contributed by atoms with Crippen LogP contribution in [0.3, 0.4) is 0 Å². The maximum Gasteiger partial charge on any atom is 0.337 e. The molecule has 7 heteroatoms. The number of ether oxygens (including phenoxy) is 3. The Hall–Kier alpha value is -3.48. The lowest BCUT2D eigenvalue weighted by atomic mass is 9.73. The Morgan fingerprint density at radius 2 is 1.86 bits per heavy atom. The number of dihydropyridines is 1. The highest BCUT2D eigenvalue weighted by Gasteiger charge is 2.43. The third kappa shape index (κ3) is 4.72. The smallest absolute Gasteiger partial charge is 0.337 e. The van der Waals surface area contributed by atoms with E-state index in [9.17, 15) is 9.59 Å². The van der Waals surface area contributed by atoms with Crippen molar-refractivity contribution in [2.24, 2.45) is 0 Å². The average molecular weight is 480 g/mol. The lowest BCUT2D eigenvalue weighted by Crippen LogP contribution is -2.36.